The van der Waals surface area contributed by atoms with Gasteiger partial charge in [-0.15, -0.1) is 0 Å². The van der Waals surface area contributed by atoms with Gasteiger partial charge in [0.1, 0.15) is 11.2 Å². The molecule has 0 aromatic heterocycles. The fraction of sp³-hybridized carbons (Fsp3) is 0.667. The molecular weight excluding hydrogens is 394 g/mol. The predicted molar refractivity (Wildman–Crippen MR) is 122 cm³/mol. The average molecular weight is 434 g/mol. The Hall–Kier alpha value is -2.28. The fourth-order valence-corrected chi connectivity index (χ4v) is 3.41. The van der Waals surface area contributed by atoms with E-state index in [0.29, 0.717) is 12.5 Å². The molecule has 7 nitrogen and oxygen atoms in total. The van der Waals surface area contributed by atoms with Gasteiger partial charge in [-0.25, -0.2) is 9.59 Å². The van der Waals surface area contributed by atoms with Crippen molar-refractivity contribution in [3.8, 4) is 0 Å². The van der Waals surface area contributed by atoms with Crippen LogP contribution in [0.5, 0.6) is 0 Å². The van der Waals surface area contributed by atoms with Crippen LogP contribution in [0.1, 0.15) is 65.5 Å². The molecule has 31 heavy (non-hydrogen) atoms. The molecule has 0 saturated carbocycles. The van der Waals surface area contributed by atoms with E-state index in [9.17, 15) is 9.59 Å². The maximum atomic E-state index is 12.3. The van der Waals surface area contributed by atoms with Gasteiger partial charge in [-0.05, 0) is 78.0 Å². The molecule has 1 unspecified atom stereocenters. The van der Waals surface area contributed by atoms with E-state index >= 15 is 0 Å². The van der Waals surface area contributed by atoms with Crippen molar-refractivity contribution >= 4 is 12.2 Å². The molecule has 1 atom stereocenters. The molecule has 2 amide bonds. The number of nitrogens with one attached hydrogen (secondary N) is 2. The third kappa shape index (κ3) is 10.0. The third-order valence-corrected chi connectivity index (χ3v) is 4.79. The molecule has 0 spiro atoms. The second-order valence-corrected chi connectivity index (χ2v) is 10.2. The van der Waals surface area contributed by atoms with Crippen molar-refractivity contribution in [3.63, 3.8) is 0 Å². The van der Waals surface area contributed by atoms with E-state index in [1.807, 2.05) is 58.6 Å². The largest absolute Gasteiger partial charge is 0.444 e. The molecule has 2 rings (SSSR count). The van der Waals surface area contributed by atoms with Crippen LogP contribution in [0.15, 0.2) is 24.3 Å². The number of likely N-dealkylation sites (tertiary alicyclic amines) is 1. The number of nitrogens with zero attached hydrogens (tertiary/aromatic N) is 1. The quantitative estimate of drug-likeness (QED) is 0.693. The number of carbonyl (C=O) groups excluding carboxylic acids is 2. The minimum atomic E-state index is -0.498. The lowest BCUT2D eigenvalue weighted by Gasteiger charge is -2.34. The van der Waals surface area contributed by atoms with Crippen molar-refractivity contribution in [2.24, 2.45) is 5.92 Å². The summed E-state index contributed by atoms with van der Waals surface area (Å²) < 4.78 is 10.7. The first-order valence-electron chi connectivity index (χ1n) is 11.1. The summed E-state index contributed by atoms with van der Waals surface area (Å²) >= 11 is 0. The Labute approximate surface area is 186 Å². The summed E-state index contributed by atoms with van der Waals surface area (Å²) in [5.74, 6) is 0.429. The van der Waals surface area contributed by atoms with Crippen LogP contribution in [0, 0.1) is 5.92 Å². The van der Waals surface area contributed by atoms with E-state index in [1.54, 1.807) is 0 Å². The molecule has 1 heterocycles. The number of carbonyl (C=O) groups is 2. The number of piperidine rings is 1. The highest BCUT2D eigenvalue weighted by Gasteiger charge is 2.27. The van der Waals surface area contributed by atoms with Gasteiger partial charge in [0.15, 0.2) is 0 Å². The van der Waals surface area contributed by atoms with Crippen molar-refractivity contribution in [1.82, 2.24) is 15.5 Å². The van der Waals surface area contributed by atoms with E-state index in [-0.39, 0.29) is 6.09 Å². The fourth-order valence-electron chi connectivity index (χ4n) is 3.41. The molecule has 1 aliphatic heterocycles. The Kier molecular flexibility index (Phi) is 8.74. The summed E-state index contributed by atoms with van der Waals surface area (Å²) in [6.45, 7) is 14.8. The second-order valence-electron chi connectivity index (χ2n) is 10.2. The summed E-state index contributed by atoms with van der Waals surface area (Å²) in [5, 5.41) is 6.28. The van der Waals surface area contributed by atoms with Crippen molar-refractivity contribution in [3.05, 3.63) is 35.4 Å². The van der Waals surface area contributed by atoms with Crippen LogP contribution in [-0.2, 0) is 22.6 Å². The van der Waals surface area contributed by atoms with E-state index in [0.717, 1.165) is 44.6 Å². The number of hydrogen-bond donors (Lipinski definition) is 2. The van der Waals surface area contributed by atoms with Crippen molar-refractivity contribution < 1.29 is 19.1 Å². The van der Waals surface area contributed by atoms with Crippen LogP contribution in [0.4, 0.5) is 9.59 Å². The zero-order chi connectivity index (χ0) is 23.1. The van der Waals surface area contributed by atoms with E-state index in [2.05, 4.69) is 22.8 Å². The highest BCUT2D eigenvalue weighted by atomic mass is 16.6. The highest BCUT2D eigenvalue weighted by molar-refractivity contribution is 5.68. The van der Waals surface area contributed by atoms with Gasteiger partial charge in [-0.1, -0.05) is 24.3 Å². The molecule has 1 aliphatic rings. The summed E-state index contributed by atoms with van der Waals surface area (Å²) in [7, 11) is 0. The zero-order valence-electron chi connectivity index (χ0n) is 19.9. The molecule has 174 valence electrons. The highest BCUT2D eigenvalue weighted by Crippen LogP contribution is 2.19. The summed E-state index contributed by atoms with van der Waals surface area (Å²) in [4.78, 5) is 25.9. The van der Waals surface area contributed by atoms with Crippen LogP contribution in [0.25, 0.3) is 0 Å². The lowest BCUT2D eigenvalue weighted by Crippen LogP contribution is -2.44. The number of rotatable bonds is 6. The van der Waals surface area contributed by atoms with Gasteiger partial charge in [0.05, 0.1) is 0 Å². The summed E-state index contributed by atoms with van der Waals surface area (Å²) in [6, 6.07) is 8.15. The number of amides is 2. The van der Waals surface area contributed by atoms with Crippen molar-refractivity contribution in [1.29, 1.82) is 0 Å². The molecule has 2 N–H and O–H groups in total. The average Bonchev–Trinajstić information content (AvgIpc) is 2.65. The maximum Gasteiger partial charge on any atom is 0.410 e. The molecule has 0 radical (unpaired) electrons. The SMILES string of the molecule is CC(C)(C)OC(=O)NCc1ccc(CNCC2CCCN(C(=O)OC(C)(C)C)C2)cc1. The van der Waals surface area contributed by atoms with Crippen LogP contribution in [-0.4, -0.2) is 47.9 Å². The van der Waals surface area contributed by atoms with E-state index < -0.39 is 17.3 Å². The Balaban J connectivity index is 1.71. The van der Waals surface area contributed by atoms with Crippen LogP contribution in [0.2, 0.25) is 0 Å². The van der Waals surface area contributed by atoms with Gasteiger partial charge in [0.25, 0.3) is 0 Å². The standard InChI is InChI=1S/C24H39N3O4/c1-23(2,3)30-21(28)26-16-19-11-9-18(10-12-19)14-25-15-20-8-7-13-27(17-20)22(29)31-24(4,5)6/h9-12,20,25H,7-8,13-17H2,1-6H3,(H,26,28). The van der Waals surface area contributed by atoms with E-state index in [1.165, 1.54) is 5.56 Å². The lowest BCUT2D eigenvalue weighted by molar-refractivity contribution is 0.0166. The smallest absolute Gasteiger partial charge is 0.410 e. The number of alkyl carbamates (subject to hydrolysis) is 1. The normalized spacial score (nSPS) is 17.2. The molecule has 1 saturated heterocycles. The lowest BCUT2D eigenvalue weighted by atomic mass is 9.98. The molecule has 0 bridgehead atoms. The minimum absolute atomic E-state index is 0.215. The molecule has 1 aromatic rings. The Bertz CT molecular complexity index is 720. The molecule has 1 fully saturated rings. The maximum absolute atomic E-state index is 12.3. The second kappa shape index (κ2) is 10.8. The first-order valence-corrected chi connectivity index (χ1v) is 11.1. The first-order chi connectivity index (χ1) is 14.4. The summed E-state index contributed by atoms with van der Waals surface area (Å²) in [5.41, 5.74) is 1.24. The Morgan fingerprint density at radius 2 is 1.55 bits per heavy atom. The Morgan fingerprint density at radius 1 is 0.968 bits per heavy atom. The third-order valence-electron chi connectivity index (χ3n) is 4.79. The number of ether oxygens (including phenoxy) is 2. The van der Waals surface area contributed by atoms with Crippen LogP contribution >= 0.6 is 0 Å². The molecule has 1 aromatic carbocycles. The number of hydrogen-bond acceptors (Lipinski definition) is 5. The van der Waals surface area contributed by atoms with Crippen molar-refractivity contribution in [2.45, 2.75) is 78.7 Å². The predicted octanol–water partition coefficient (Wildman–Crippen LogP) is 4.45. The number of benzene rings is 1. The van der Waals surface area contributed by atoms with Crippen LogP contribution in [0.3, 0.4) is 0 Å². The van der Waals surface area contributed by atoms with Gasteiger partial charge in [-0.2, -0.15) is 0 Å². The molecule has 7 heteroatoms. The van der Waals surface area contributed by atoms with Gasteiger partial charge >= 0.3 is 12.2 Å². The molecule has 0 aliphatic carbocycles. The summed E-state index contributed by atoms with van der Waals surface area (Å²) in [6.07, 6.45) is 1.49. The van der Waals surface area contributed by atoms with Crippen LogP contribution < -0.4 is 10.6 Å². The Morgan fingerprint density at radius 3 is 2.13 bits per heavy atom. The van der Waals surface area contributed by atoms with Gasteiger partial charge in [-0.3, -0.25) is 0 Å². The van der Waals surface area contributed by atoms with Gasteiger partial charge < -0.3 is 25.0 Å². The van der Waals surface area contributed by atoms with Gasteiger partial charge in [0, 0.05) is 26.2 Å². The van der Waals surface area contributed by atoms with Gasteiger partial charge in [0.2, 0.25) is 0 Å². The van der Waals surface area contributed by atoms with Crippen molar-refractivity contribution in [2.75, 3.05) is 19.6 Å². The van der Waals surface area contributed by atoms with E-state index in [4.69, 9.17) is 9.47 Å². The monoisotopic (exact) mass is 433 g/mol. The molecular formula is C24H39N3O4. The topological polar surface area (TPSA) is 79.9 Å². The first kappa shape index (κ1) is 25.0. The minimum Gasteiger partial charge on any atom is -0.444 e. The zero-order valence-corrected chi connectivity index (χ0v) is 19.9.